The highest BCUT2D eigenvalue weighted by molar-refractivity contribution is 5.74. The molecule has 100 valence electrons. The molecular weight excluding hydrogens is 236 g/mol. The van der Waals surface area contributed by atoms with Gasteiger partial charge >= 0.3 is 0 Å². The molecule has 1 aliphatic carbocycles. The average molecular weight is 256 g/mol. The van der Waals surface area contributed by atoms with Crippen molar-refractivity contribution in [2.24, 2.45) is 11.8 Å². The lowest BCUT2D eigenvalue weighted by atomic mass is 9.94. The molecule has 1 fully saturated rings. The van der Waals surface area contributed by atoms with Crippen LogP contribution in [0.25, 0.3) is 11.0 Å². The Balaban J connectivity index is 1.83. The zero-order valence-corrected chi connectivity index (χ0v) is 11.0. The number of fused-ring (bicyclic) bond motifs is 1. The number of nitrogens with two attached hydrogens (primary N) is 1. The highest BCUT2D eigenvalue weighted by atomic mass is 15.2. The van der Waals surface area contributed by atoms with E-state index < -0.39 is 0 Å². The van der Waals surface area contributed by atoms with E-state index in [1.54, 1.807) is 12.4 Å². The number of hydrogen-bond acceptors (Lipinski definition) is 4. The van der Waals surface area contributed by atoms with Gasteiger partial charge in [0.05, 0.1) is 11.0 Å². The number of benzene rings is 1. The first-order valence-corrected chi connectivity index (χ1v) is 7.03. The Labute approximate surface area is 113 Å². The highest BCUT2D eigenvalue weighted by Crippen LogP contribution is 2.33. The van der Waals surface area contributed by atoms with Crippen LogP contribution in [0.1, 0.15) is 43.7 Å². The Morgan fingerprint density at radius 2 is 1.89 bits per heavy atom. The molecule has 4 heteroatoms. The Morgan fingerprint density at radius 1 is 1.16 bits per heavy atom. The summed E-state index contributed by atoms with van der Waals surface area (Å²) in [5.41, 5.74) is 6.04. The zero-order chi connectivity index (χ0) is 13.1. The lowest BCUT2D eigenvalue weighted by molar-refractivity contribution is 0.400. The van der Waals surface area contributed by atoms with Gasteiger partial charge in [-0.05, 0) is 30.0 Å². The molecule has 1 aromatic heterocycles. The fourth-order valence-electron chi connectivity index (χ4n) is 3.08. The first-order chi connectivity index (χ1) is 9.36. The quantitative estimate of drug-likeness (QED) is 0.652. The van der Waals surface area contributed by atoms with E-state index in [9.17, 15) is 0 Å². The Kier molecular flexibility index (Phi) is 3.71. The third-order valence-electron chi connectivity index (χ3n) is 4.14. The normalized spacial score (nSPS) is 17.9. The first kappa shape index (κ1) is 12.5. The molecule has 3 rings (SSSR count). The summed E-state index contributed by atoms with van der Waals surface area (Å²) in [7, 11) is 0. The second-order valence-corrected chi connectivity index (χ2v) is 5.41. The maximum Gasteiger partial charge on any atom is 0.0890 e. The number of nitrogens with one attached hydrogen (secondary N) is 1. The highest BCUT2D eigenvalue weighted by Gasteiger charge is 2.20. The maximum absolute atomic E-state index is 5.74. The van der Waals surface area contributed by atoms with Gasteiger partial charge in [-0.25, -0.2) is 0 Å². The monoisotopic (exact) mass is 256 g/mol. The molecule has 1 atom stereocenters. The van der Waals surface area contributed by atoms with Crippen LogP contribution in [0.3, 0.4) is 0 Å². The molecule has 0 bridgehead atoms. The number of rotatable bonds is 4. The van der Waals surface area contributed by atoms with Gasteiger partial charge in [-0.15, -0.1) is 0 Å². The smallest absolute Gasteiger partial charge is 0.0890 e. The van der Waals surface area contributed by atoms with Gasteiger partial charge in [-0.1, -0.05) is 31.7 Å². The maximum atomic E-state index is 5.74. The van der Waals surface area contributed by atoms with Gasteiger partial charge < -0.3 is 0 Å². The van der Waals surface area contributed by atoms with E-state index in [4.69, 9.17) is 5.84 Å². The first-order valence-electron chi connectivity index (χ1n) is 7.03. The number of nitrogens with zero attached hydrogens (tertiary/aromatic N) is 2. The van der Waals surface area contributed by atoms with Crippen LogP contribution in [-0.2, 0) is 0 Å². The van der Waals surface area contributed by atoms with Gasteiger partial charge in [0.15, 0.2) is 0 Å². The number of aromatic nitrogens is 2. The Bertz CT molecular complexity index is 549. The molecule has 0 spiro atoms. The fraction of sp³-hybridized carbons (Fsp3) is 0.467. The summed E-state index contributed by atoms with van der Waals surface area (Å²) < 4.78 is 0. The van der Waals surface area contributed by atoms with E-state index in [1.807, 2.05) is 6.07 Å². The summed E-state index contributed by atoms with van der Waals surface area (Å²) in [6.45, 7) is 0. The SMILES string of the molecule is NNC(CC1CCCC1)c1ccc2nccnc2c1. The van der Waals surface area contributed by atoms with Crippen LogP contribution in [0.15, 0.2) is 30.6 Å². The summed E-state index contributed by atoms with van der Waals surface area (Å²) in [6.07, 6.45) is 9.98. The minimum Gasteiger partial charge on any atom is -0.271 e. The van der Waals surface area contributed by atoms with Gasteiger partial charge in [-0.2, -0.15) is 0 Å². The predicted molar refractivity (Wildman–Crippen MR) is 76.2 cm³/mol. The second-order valence-electron chi connectivity index (χ2n) is 5.41. The van der Waals surface area contributed by atoms with Gasteiger partial charge in [-0.3, -0.25) is 21.2 Å². The zero-order valence-electron chi connectivity index (χ0n) is 11.0. The minimum atomic E-state index is 0.217. The average Bonchev–Trinajstić information content (AvgIpc) is 2.97. The van der Waals surface area contributed by atoms with Crippen LogP contribution in [0.2, 0.25) is 0 Å². The molecule has 1 unspecified atom stereocenters. The molecule has 1 heterocycles. The lowest BCUT2D eigenvalue weighted by Crippen LogP contribution is -2.29. The predicted octanol–water partition coefficient (Wildman–Crippen LogP) is 2.71. The van der Waals surface area contributed by atoms with Crippen molar-refractivity contribution in [3.63, 3.8) is 0 Å². The van der Waals surface area contributed by atoms with Crippen LogP contribution in [-0.4, -0.2) is 9.97 Å². The number of hydrazine groups is 1. The van der Waals surface area contributed by atoms with E-state index in [-0.39, 0.29) is 6.04 Å². The lowest BCUT2D eigenvalue weighted by Gasteiger charge is -2.20. The van der Waals surface area contributed by atoms with E-state index in [2.05, 4.69) is 27.5 Å². The molecule has 3 N–H and O–H groups in total. The summed E-state index contributed by atoms with van der Waals surface area (Å²) in [4.78, 5) is 8.66. The van der Waals surface area contributed by atoms with Crippen LogP contribution >= 0.6 is 0 Å². The van der Waals surface area contributed by atoms with Crippen molar-refractivity contribution in [1.29, 1.82) is 0 Å². The molecule has 1 aromatic carbocycles. The summed E-state index contributed by atoms with van der Waals surface area (Å²) in [5.74, 6) is 6.55. The largest absolute Gasteiger partial charge is 0.271 e. The molecule has 1 saturated carbocycles. The van der Waals surface area contributed by atoms with Crippen LogP contribution in [0.4, 0.5) is 0 Å². The minimum absolute atomic E-state index is 0.217. The molecule has 4 nitrogen and oxygen atoms in total. The molecule has 0 radical (unpaired) electrons. The van der Waals surface area contributed by atoms with Gasteiger partial charge in [0.2, 0.25) is 0 Å². The second kappa shape index (κ2) is 5.63. The third kappa shape index (κ3) is 2.74. The topological polar surface area (TPSA) is 63.8 Å². The van der Waals surface area contributed by atoms with E-state index >= 15 is 0 Å². The number of hydrogen-bond donors (Lipinski definition) is 2. The fourth-order valence-corrected chi connectivity index (χ4v) is 3.08. The summed E-state index contributed by atoms with van der Waals surface area (Å²) in [6, 6.07) is 6.45. The van der Waals surface area contributed by atoms with Crippen molar-refractivity contribution in [2.75, 3.05) is 0 Å². The molecule has 0 aliphatic heterocycles. The molecule has 0 saturated heterocycles. The van der Waals surface area contributed by atoms with Crippen molar-refractivity contribution in [3.8, 4) is 0 Å². The van der Waals surface area contributed by atoms with Gasteiger partial charge in [0, 0.05) is 18.4 Å². The molecular formula is C15H20N4. The van der Waals surface area contributed by atoms with Crippen molar-refractivity contribution in [1.82, 2.24) is 15.4 Å². The van der Waals surface area contributed by atoms with Crippen molar-refractivity contribution < 1.29 is 0 Å². The van der Waals surface area contributed by atoms with Crippen LogP contribution in [0, 0.1) is 5.92 Å². The van der Waals surface area contributed by atoms with Crippen molar-refractivity contribution >= 4 is 11.0 Å². The van der Waals surface area contributed by atoms with E-state index in [0.717, 1.165) is 23.4 Å². The van der Waals surface area contributed by atoms with E-state index in [0.29, 0.717) is 0 Å². The van der Waals surface area contributed by atoms with Gasteiger partial charge in [0.25, 0.3) is 0 Å². The Hall–Kier alpha value is -1.52. The third-order valence-corrected chi connectivity index (χ3v) is 4.14. The molecule has 0 amide bonds. The van der Waals surface area contributed by atoms with Crippen LogP contribution < -0.4 is 11.3 Å². The standard InChI is InChI=1S/C15H20N4/c16-19-14(9-11-3-1-2-4-11)12-5-6-13-15(10-12)18-8-7-17-13/h5-8,10-11,14,19H,1-4,9,16H2. The molecule has 2 aromatic rings. The Morgan fingerprint density at radius 3 is 2.63 bits per heavy atom. The molecule has 1 aliphatic rings. The van der Waals surface area contributed by atoms with Crippen LogP contribution in [0.5, 0.6) is 0 Å². The van der Waals surface area contributed by atoms with Crippen molar-refractivity contribution in [2.45, 2.75) is 38.1 Å². The summed E-state index contributed by atoms with van der Waals surface area (Å²) in [5, 5.41) is 0. The molecule has 19 heavy (non-hydrogen) atoms. The summed E-state index contributed by atoms with van der Waals surface area (Å²) >= 11 is 0. The van der Waals surface area contributed by atoms with Crippen molar-refractivity contribution in [3.05, 3.63) is 36.2 Å². The van der Waals surface area contributed by atoms with E-state index in [1.165, 1.54) is 31.2 Å². The van der Waals surface area contributed by atoms with Gasteiger partial charge in [0.1, 0.15) is 0 Å².